The smallest absolute Gasteiger partial charge is 0.242 e. The molecule has 3 aromatic rings. The highest BCUT2D eigenvalue weighted by molar-refractivity contribution is 8.00. The maximum Gasteiger partial charge on any atom is 0.242 e. The molecule has 142 valence electrons. The molecule has 5 nitrogen and oxygen atoms in total. The van der Waals surface area contributed by atoms with Gasteiger partial charge in [-0.1, -0.05) is 30.3 Å². The summed E-state index contributed by atoms with van der Waals surface area (Å²) in [5, 5.41) is 2.60. The molecule has 0 aliphatic carbocycles. The predicted octanol–water partition coefficient (Wildman–Crippen LogP) is 4.51. The van der Waals surface area contributed by atoms with Gasteiger partial charge in [-0.2, -0.15) is 0 Å². The van der Waals surface area contributed by atoms with E-state index in [4.69, 9.17) is 15.2 Å². The number of rotatable bonds is 5. The summed E-state index contributed by atoms with van der Waals surface area (Å²) in [5.74, 6) is 1.23. The third-order valence-corrected chi connectivity index (χ3v) is 5.55. The minimum Gasteiger partial charge on any atom is -0.486 e. The largest absolute Gasteiger partial charge is 0.486 e. The maximum absolute atomic E-state index is 13.1. The lowest BCUT2D eigenvalue weighted by Gasteiger charge is -2.20. The molecule has 1 amide bonds. The van der Waals surface area contributed by atoms with E-state index in [0.29, 0.717) is 36.1 Å². The van der Waals surface area contributed by atoms with Crippen molar-refractivity contribution in [2.75, 3.05) is 24.3 Å². The number of fused-ring (bicyclic) bond motifs is 1. The van der Waals surface area contributed by atoms with Crippen LogP contribution in [-0.2, 0) is 4.79 Å². The van der Waals surface area contributed by atoms with E-state index in [-0.39, 0.29) is 5.91 Å². The van der Waals surface area contributed by atoms with Crippen molar-refractivity contribution < 1.29 is 14.3 Å². The van der Waals surface area contributed by atoms with Gasteiger partial charge in [0, 0.05) is 22.3 Å². The number of thioether (sulfide) groups is 1. The van der Waals surface area contributed by atoms with Gasteiger partial charge in [-0.15, -0.1) is 11.8 Å². The monoisotopic (exact) mass is 392 g/mol. The summed E-state index contributed by atoms with van der Waals surface area (Å²) in [7, 11) is 0. The summed E-state index contributed by atoms with van der Waals surface area (Å²) in [6, 6.07) is 22.7. The summed E-state index contributed by atoms with van der Waals surface area (Å²) in [5.41, 5.74) is 8.08. The normalized spacial score (nSPS) is 13.6. The van der Waals surface area contributed by atoms with E-state index >= 15 is 0 Å². The number of anilines is 2. The minimum absolute atomic E-state index is 0.107. The van der Waals surface area contributed by atoms with Crippen LogP contribution >= 0.6 is 11.8 Å². The Labute approximate surface area is 167 Å². The number of benzene rings is 3. The molecule has 3 aromatic carbocycles. The van der Waals surface area contributed by atoms with Gasteiger partial charge >= 0.3 is 0 Å². The lowest BCUT2D eigenvalue weighted by molar-refractivity contribution is -0.115. The molecule has 4 rings (SSSR count). The van der Waals surface area contributed by atoms with E-state index in [2.05, 4.69) is 5.32 Å². The zero-order valence-corrected chi connectivity index (χ0v) is 15.9. The Bertz CT molecular complexity index is 961. The number of carbonyl (C=O) groups excluding carboxylic acids is 1. The molecule has 28 heavy (non-hydrogen) atoms. The van der Waals surface area contributed by atoms with Crippen molar-refractivity contribution in [1.29, 1.82) is 0 Å². The second-order valence-electron chi connectivity index (χ2n) is 6.33. The third-order valence-electron chi connectivity index (χ3n) is 4.28. The van der Waals surface area contributed by atoms with Crippen molar-refractivity contribution in [2.24, 2.45) is 0 Å². The van der Waals surface area contributed by atoms with Crippen molar-refractivity contribution in [3.05, 3.63) is 78.4 Å². The standard InChI is InChI=1S/C22H20N2O3S/c23-16-6-9-18(10-7-16)28-21(15-4-2-1-3-5-15)22(25)24-17-8-11-19-20(14-17)27-13-12-26-19/h1-11,14,21H,12-13,23H2,(H,24,25). The molecule has 1 aliphatic rings. The second-order valence-corrected chi connectivity index (χ2v) is 7.50. The van der Waals surface area contributed by atoms with Gasteiger partial charge in [-0.05, 0) is 42.0 Å². The first-order valence-corrected chi connectivity index (χ1v) is 9.85. The number of hydrogen-bond acceptors (Lipinski definition) is 5. The molecule has 3 N–H and O–H groups in total. The average Bonchev–Trinajstić information content (AvgIpc) is 2.74. The topological polar surface area (TPSA) is 73.6 Å². The van der Waals surface area contributed by atoms with Crippen molar-refractivity contribution in [3.63, 3.8) is 0 Å². The third kappa shape index (κ3) is 4.23. The highest BCUT2D eigenvalue weighted by Crippen LogP contribution is 2.37. The number of carbonyl (C=O) groups is 1. The van der Waals surface area contributed by atoms with Gasteiger partial charge in [0.2, 0.25) is 5.91 Å². The van der Waals surface area contributed by atoms with Crippen molar-refractivity contribution in [3.8, 4) is 11.5 Å². The highest BCUT2D eigenvalue weighted by Gasteiger charge is 2.23. The van der Waals surface area contributed by atoms with Gasteiger partial charge in [0.15, 0.2) is 11.5 Å². The SMILES string of the molecule is Nc1ccc(SC(C(=O)Nc2ccc3c(c2)OCCO3)c2ccccc2)cc1. The Morgan fingerprint density at radius 2 is 1.64 bits per heavy atom. The lowest BCUT2D eigenvalue weighted by atomic mass is 10.1. The fraction of sp³-hybridized carbons (Fsp3) is 0.136. The molecule has 0 spiro atoms. The summed E-state index contributed by atoms with van der Waals surface area (Å²) in [6.45, 7) is 1.04. The van der Waals surface area contributed by atoms with Crippen molar-refractivity contribution in [2.45, 2.75) is 10.1 Å². The first-order valence-electron chi connectivity index (χ1n) is 8.97. The van der Waals surface area contributed by atoms with Gasteiger partial charge < -0.3 is 20.5 Å². The van der Waals surface area contributed by atoms with Gasteiger partial charge in [-0.3, -0.25) is 4.79 Å². The fourth-order valence-corrected chi connectivity index (χ4v) is 3.94. The van der Waals surface area contributed by atoms with Crippen LogP contribution in [0.2, 0.25) is 0 Å². The second kappa shape index (κ2) is 8.27. The van der Waals surface area contributed by atoms with E-state index in [9.17, 15) is 4.79 Å². The summed E-state index contributed by atoms with van der Waals surface area (Å²) in [4.78, 5) is 14.1. The molecule has 1 unspecified atom stereocenters. The number of amides is 1. The van der Waals surface area contributed by atoms with Gasteiger partial charge in [-0.25, -0.2) is 0 Å². The van der Waals surface area contributed by atoms with Crippen LogP contribution < -0.4 is 20.5 Å². The van der Waals surface area contributed by atoms with Gasteiger partial charge in [0.1, 0.15) is 18.5 Å². The quantitative estimate of drug-likeness (QED) is 0.494. The molecule has 1 heterocycles. The van der Waals surface area contributed by atoms with Gasteiger partial charge in [0.05, 0.1) is 0 Å². The Balaban J connectivity index is 1.57. The fourth-order valence-electron chi connectivity index (χ4n) is 2.91. The average molecular weight is 392 g/mol. The Morgan fingerprint density at radius 1 is 0.929 bits per heavy atom. The molecule has 0 saturated heterocycles. The molecular formula is C22H20N2O3S. The Morgan fingerprint density at radius 3 is 2.39 bits per heavy atom. The van der Waals surface area contributed by atoms with Crippen molar-refractivity contribution >= 4 is 29.0 Å². The van der Waals surface area contributed by atoms with Crippen LogP contribution in [0.4, 0.5) is 11.4 Å². The lowest BCUT2D eigenvalue weighted by Crippen LogP contribution is -2.20. The van der Waals surface area contributed by atoms with Crippen LogP contribution in [0, 0.1) is 0 Å². The molecule has 0 bridgehead atoms. The molecule has 0 saturated carbocycles. The van der Waals surface area contributed by atoms with E-state index in [0.717, 1.165) is 10.5 Å². The van der Waals surface area contributed by atoms with E-state index in [1.165, 1.54) is 11.8 Å². The number of nitrogens with one attached hydrogen (secondary N) is 1. The number of hydrogen-bond donors (Lipinski definition) is 2. The van der Waals surface area contributed by atoms with Crippen LogP contribution in [-0.4, -0.2) is 19.1 Å². The first-order chi connectivity index (χ1) is 13.7. The van der Waals surface area contributed by atoms with Crippen LogP contribution in [0.25, 0.3) is 0 Å². The number of nitrogen functional groups attached to an aromatic ring is 1. The van der Waals surface area contributed by atoms with Crippen molar-refractivity contribution in [1.82, 2.24) is 0 Å². The molecular weight excluding hydrogens is 372 g/mol. The maximum atomic E-state index is 13.1. The molecule has 1 atom stereocenters. The summed E-state index contributed by atoms with van der Waals surface area (Å²) in [6.07, 6.45) is 0. The first kappa shape index (κ1) is 18.3. The predicted molar refractivity (Wildman–Crippen MR) is 112 cm³/mol. The van der Waals surface area contributed by atoms with E-state index in [1.807, 2.05) is 66.7 Å². The van der Waals surface area contributed by atoms with Crippen LogP contribution in [0.15, 0.2) is 77.7 Å². The molecule has 6 heteroatoms. The zero-order chi connectivity index (χ0) is 19.3. The number of nitrogens with two attached hydrogens (primary N) is 1. The molecule has 0 fully saturated rings. The van der Waals surface area contributed by atoms with Crippen LogP contribution in [0.3, 0.4) is 0 Å². The molecule has 0 aromatic heterocycles. The molecule has 0 radical (unpaired) electrons. The Hall–Kier alpha value is -3.12. The van der Waals surface area contributed by atoms with Gasteiger partial charge in [0.25, 0.3) is 0 Å². The van der Waals surface area contributed by atoms with Crippen LogP contribution in [0.5, 0.6) is 11.5 Å². The van der Waals surface area contributed by atoms with Crippen LogP contribution in [0.1, 0.15) is 10.8 Å². The Kier molecular flexibility index (Phi) is 5.39. The molecule has 1 aliphatic heterocycles. The zero-order valence-electron chi connectivity index (χ0n) is 15.1. The number of ether oxygens (including phenoxy) is 2. The van der Waals surface area contributed by atoms with E-state index in [1.54, 1.807) is 6.07 Å². The highest BCUT2D eigenvalue weighted by atomic mass is 32.2. The summed E-state index contributed by atoms with van der Waals surface area (Å²) >= 11 is 1.48. The van der Waals surface area contributed by atoms with E-state index < -0.39 is 5.25 Å². The summed E-state index contributed by atoms with van der Waals surface area (Å²) < 4.78 is 11.1. The minimum atomic E-state index is -0.405.